The molecule has 0 atom stereocenters. The SMILES string of the molecule is CC(C)N1CCC(O)(CCN)CC1. The van der Waals surface area contributed by atoms with E-state index in [1.54, 1.807) is 0 Å². The maximum atomic E-state index is 10.1. The van der Waals surface area contributed by atoms with Gasteiger partial charge in [-0.3, -0.25) is 0 Å². The zero-order valence-electron chi connectivity index (χ0n) is 8.79. The monoisotopic (exact) mass is 186 g/mol. The Morgan fingerprint density at radius 1 is 1.38 bits per heavy atom. The van der Waals surface area contributed by atoms with Crippen molar-refractivity contribution < 1.29 is 5.11 Å². The number of aliphatic hydroxyl groups is 1. The summed E-state index contributed by atoms with van der Waals surface area (Å²) in [6.07, 6.45) is 2.50. The summed E-state index contributed by atoms with van der Waals surface area (Å²) in [6.45, 7) is 7.02. The molecule has 3 nitrogen and oxygen atoms in total. The minimum Gasteiger partial charge on any atom is -0.390 e. The number of rotatable bonds is 3. The van der Waals surface area contributed by atoms with Crippen molar-refractivity contribution in [2.45, 2.75) is 44.8 Å². The Morgan fingerprint density at radius 2 is 1.92 bits per heavy atom. The molecule has 0 radical (unpaired) electrons. The topological polar surface area (TPSA) is 49.5 Å². The van der Waals surface area contributed by atoms with Gasteiger partial charge in [-0.2, -0.15) is 0 Å². The van der Waals surface area contributed by atoms with Gasteiger partial charge in [-0.25, -0.2) is 0 Å². The van der Waals surface area contributed by atoms with Crippen LogP contribution in [0.4, 0.5) is 0 Å². The molecule has 0 saturated carbocycles. The van der Waals surface area contributed by atoms with Crippen LogP contribution in [0.5, 0.6) is 0 Å². The van der Waals surface area contributed by atoms with Gasteiger partial charge in [0.15, 0.2) is 0 Å². The molecule has 3 N–H and O–H groups in total. The Labute approximate surface area is 80.9 Å². The lowest BCUT2D eigenvalue weighted by atomic mass is 9.88. The molecule has 0 aromatic carbocycles. The molecule has 1 heterocycles. The normalized spacial score (nSPS) is 23.8. The average Bonchev–Trinajstić information content (AvgIpc) is 2.05. The largest absolute Gasteiger partial charge is 0.390 e. The van der Waals surface area contributed by atoms with Crippen molar-refractivity contribution in [1.29, 1.82) is 0 Å². The number of nitrogens with two attached hydrogens (primary N) is 1. The molecule has 1 saturated heterocycles. The van der Waals surface area contributed by atoms with Crippen molar-refractivity contribution in [2.75, 3.05) is 19.6 Å². The van der Waals surface area contributed by atoms with Gasteiger partial charge in [0.2, 0.25) is 0 Å². The van der Waals surface area contributed by atoms with Gasteiger partial charge in [0, 0.05) is 19.1 Å². The molecule has 1 aliphatic heterocycles. The van der Waals surface area contributed by atoms with Crippen molar-refractivity contribution in [3.8, 4) is 0 Å². The second-order valence-electron chi connectivity index (χ2n) is 4.39. The van der Waals surface area contributed by atoms with Gasteiger partial charge in [0.25, 0.3) is 0 Å². The summed E-state index contributed by atoms with van der Waals surface area (Å²) in [5.41, 5.74) is 4.99. The summed E-state index contributed by atoms with van der Waals surface area (Å²) in [4.78, 5) is 2.41. The predicted molar refractivity (Wildman–Crippen MR) is 54.6 cm³/mol. The lowest BCUT2D eigenvalue weighted by Gasteiger charge is -2.39. The Bertz CT molecular complexity index is 151. The molecule has 13 heavy (non-hydrogen) atoms. The number of piperidine rings is 1. The molecule has 3 heteroatoms. The fourth-order valence-corrected chi connectivity index (χ4v) is 1.98. The molecule has 1 rings (SSSR count). The van der Waals surface area contributed by atoms with E-state index in [-0.39, 0.29) is 0 Å². The minimum atomic E-state index is -0.472. The third kappa shape index (κ3) is 2.93. The molecule has 0 amide bonds. The van der Waals surface area contributed by atoms with Gasteiger partial charge < -0.3 is 15.7 Å². The highest BCUT2D eigenvalue weighted by Crippen LogP contribution is 2.25. The van der Waals surface area contributed by atoms with Crippen LogP contribution < -0.4 is 5.73 Å². The fraction of sp³-hybridized carbons (Fsp3) is 1.00. The van der Waals surface area contributed by atoms with E-state index >= 15 is 0 Å². The number of hydrogen-bond donors (Lipinski definition) is 2. The van der Waals surface area contributed by atoms with E-state index in [9.17, 15) is 5.11 Å². The molecule has 0 aromatic heterocycles. The van der Waals surface area contributed by atoms with E-state index in [4.69, 9.17) is 5.73 Å². The third-order valence-corrected chi connectivity index (χ3v) is 3.07. The molecular weight excluding hydrogens is 164 g/mol. The summed E-state index contributed by atoms with van der Waals surface area (Å²) in [6, 6.07) is 0.599. The van der Waals surface area contributed by atoms with E-state index in [1.807, 2.05) is 0 Å². The van der Waals surface area contributed by atoms with Crippen LogP contribution in [-0.4, -0.2) is 41.3 Å². The highest BCUT2D eigenvalue weighted by molar-refractivity contribution is 4.86. The zero-order valence-corrected chi connectivity index (χ0v) is 8.79. The van der Waals surface area contributed by atoms with Gasteiger partial charge in [-0.05, 0) is 39.7 Å². The summed E-state index contributed by atoms with van der Waals surface area (Å²) in [5, 5.41) is 10.1. The predicted octanol–water partition coefficient (Wildman–Crippen LogP) is 0.570. The molecule has 0 unspecified atom stereocenters. The lowest BCUT2D eigenvalue weighted by molar-refractivity contribution is -0.0318. The van der Waals surface area contributed by atoms with E-state index < -0.39 is 5.60 Å². The highest BCUT2D eigenvalue weighted by Gasteiger charge is 2.31. The van der Waals surface area contributed by atoms with Crippen LogP contribution in [0.2, 0.25) is 0 Å². The number of hydrogen-bond acceptors (Lipinski definition) is 3. The number of nitrogens with zero attached hydrogens (tertiary/aromatic N) is 1. The summed E-state index contributed by atoms with van der Waals surface area (Å²) in [7, 11) is 0. The van der Waals surface area contributed by atoms with Gasteiger partial charge >= 0.3 is 0 Å². The Balaban J connectivity index is 2.37. The van der Waals surface area contributed by atoms with Crippen molar-refractivity contribution in [1.82, 2.24) is 4.90 Å². The standard InChI is InChI=1S/C10H22N2O/c1-9(2)12-7-4-10(13,3-6-11)5-8-12/h9,13H,3-8,11H2,1-2H3. The van der Waals surface area contributed by atoms with Crippen LogP contribution >= 0.6 is 0 Å². The van der Waals surface area contributed by atoms with Crippen LogP contribution in [0.15, 0.2) is 0 Å². The minimum absolute atomic E-state index is 0.472. The summed E-state index contributed by atoms with van der Waals surface area (Å²) in [5.74, 6) is 0. The fourth-order valence-electron chi connectivity index (χ4n) is 1.98. The van der Waals surface area contributed by atoms with Gasteiger partial charge in [0.1, 0.15) is 0 Å². The Hall–Kier alpha value is -0.120. The molecular formula is C10H22N2O. The second kappa shape index (κ2) is 4.40. The molecule has 0 bridgehead atoms. The van der Waals surface area contributed by atoms with Gasteiger partial charge in [-0.15, -0.1) is 0 Å². The molecule has 0 aliphatic carbocycles. The third-order valence-electron chi connectivity index (χ3n) is 3.07. The first-order valence-electron chi connectivity index (χ1n) is 5.24. The van der Waals surface area contributed by atoms with E-state index in [0.29, 0.717) is 12.6 Å². The molecule has 0 spiro atoms. The van der Waals surface area contributed by atoms with Crippen LogP contribution in [-0.2, 0) is 0 Å². The van der Waals surface area contributed by atoms with Crippen molar-refractivity contribution >= 4 is 0 Å². The summed E-state index contributed by atoms with van der Waals surface area (Å²) >= 11 is 0. The molecule has 78 valence electrons. The zero-order chi connectivity index (χ0) is 9.90. The first kappa shape index (κ1) is 11.0. The molecule has 1 fully saturated rings. The average molecular weight is 186 g/mol. The molecule has 1 aliphatic rings. The van der Waals surface area contributed by atoms with Crippen molar-refractivity contribution in [3.05, 3.63) is 0 Å². The van der Waals surface area contributed by atoms with Crippen LogP contribution in [0.3, 0.4) is 0 Å². The van der Waals surface area contributed by atoms with E-state index in [1.165, 1.54) is 0 Å². The van der Waals surface area contributed by atoms with Gasteiger partial charge in [0.05, 0.1) is 5.60 Å². The van der Waals surface area contributed by atoms with Crippen LogP contribution in [0, 0.1) is 0 Å². The van der Waals surface area contributed by atoms with Crippen molar-refractivity contribution in [2.24, 2.45) is 5.73 Å². The lowest BCUT2D eigenvalue weighted by Crippen LogP contribution is -2.47. The van der Waals surface area contributed by atoms with Crippen molar-refractivity contribution in [3.63, 3.8) is 0 Å². The van der Waals surface area contributed by atoms with E-state index in [0.717, 1.165) is 32.4 Å². The van der Waals surface area contributed by atoms with Crippen LogP contribution in [0.1, 0.15) is 33.1 Å². The smallest absolute Gasteiger partial charge is 0.0684 e. The summed E-state index contributed by atoms with van der Waals surface area (Å²) < 4.78 is 0. The first-order chi connectivity index (χ1) is 6.07. The quantitative estimate of drug-likeness (QED) is 0.677. The first-order valence-corrected chi connectivity index (χ1v) is 5.24. The Kier molecular flexibility index (Phi) is 3.71. The maximum Gasteiger partial charge on any atom is 0.0684 e. The second-order valence-corrected chi connectivity index (χ2v) is 4.39. The Morgan fingerprint density at radius 3 is 2.31 bits per heavy atom. The molecule has 0 aromatic rings. The van der Waals surface area contributed by atoms with Gasteiger partial charge in [-0.1, -0.05) is 0 Å². The van der Waals surface area contributed by atoms with E-state index in [2.05, 4.69) is 18.7 Å². The number of likely N-dealkylation sites (tertiary alicyclic amines) is 1. The highest BCUT2D eigenvalue weighted by atomic mass is 16.3. The van der Waals surface area contributed by atoms with Crippen LogP contribution in [0.25, 0.3) is 0 Å². The maximum absolute atomic E-state index is 10.1.